The van der Waals surface area contributed by atoms with Gasteiger partial charge in [-0.15, -0.1) is 0 Å². The fourth-order valence-electron chi connectivity index (χ4n) is 3.08. The number of fused-ring (bicyclic) bond motifs is 1. The van der Waals surface area contributed by atoms with Crippen LogP contribution in [0.4, 0.5) is 0 Å². The van der Waals surface area contributed by atoms with E-state index in [1.54, 1.807) is 6.07 Å². The predicted molar refractivity (Wildman–Crippen MR) is 95.1 cm³/mol. The van der Waals surface area contributed by atoms with Crippen LogP contribution in [0, 0.1) is 0 Å². The molecule has 2 aromatic carbocycles. The number of ketones is 1. The molecule has 0 spiro atoms. The molecule has 0 saturated carbocycles. The van der Waals surface area contributed by atoms with Crippen LogP contribution in [-0.2, 0) is 16.0 Å². The number of hydrogen-bond donors (Lipinski definition) is 0. The molecule has 26 heavy (non-hydrogen) atoms. The fourth-order valence-corrected chi connectivity index (χ4v) is 3.08. The Hall–Kier alpha value is -3.02. The number of Topliss-reactive ketones (excluding diaryl/α,β-unsaturated/α-hetero) is 1. The molecule has 0 N–H and O–H groups in total. The smallest absolute Gasteiger partial charge is 0.343 e. The van der Waals surface area contributed by atoms with Gasteiger partial charge in [0.25, 0.3) is 0 Å². The second kappa shape index (κ2) is 7.47. The molecule has 0 atom stereocenters. The normalized spacial score (nSPS) is 12.5. The first-order chi connectivity index (χ1) is 12.6. The summed E-state index contributed by atoms with van der Waals surface area (Å²) in [6, 6.07) is 9.30. The molecule has 0 aromatic heterocycles. The minimum Gasteiger partial charge on any atom is -0.493 e. The highest BCUT2D eigenvalue weighted by molar-refractivity contribution is 6.01. The summed E-state index contributed by atoms with van der Waals surface area (Å²) in [5.74, 6) is 0.945. The lowest BCUT2D eigenvalue weighted by Crippen LogP contribution is -2.13. The molecule has 3 rings (SSSR count). The van der Waals surface area contributed by atoms with Crippen LogP contribution in [0.25, 0.3) is 11.1 Å². The van der Waals surface area contributed by atoms with Crippen molar-refractivity contribution in [3.63, 3.8) is 0 Å². The molecule has 1 aliphatic rings. The molecule has 0 heterocycles. The molecular weight excluding hydrogens is 336 g/mol. The molecule has 0 saturated heterocycles. The van der Waals surface area contributed by atoms with Gasteiger partial charge in [-0.05, 0) is 29.7 Å². The van der Waals surface area contributed by atoms with Crippen LogP contribution in [0.5, 0.6) is 17.2 Å². The molecule has 0 unspecified atom stereocenters. The maximum atomic E-state index is 11.9. The van der Waals surface area contributed by atoms with E-state index >= 15 is 0 Å². The molecule has 0 radical (unpaired) electrons. The highest BCUT2D eigenvalue weighted by atomic mass is 16.6. The van der Waals surface area contributed by atoms with E-state index in [9.17, 15) is 9.59 Å². The zero-order valence-electron chi connectivity index (χ0n) is 15.0. The van der Waals surface area contributed by atoms with Crippen molar-refractivity contribution in [2.45, 2.75) is 12.8 Å². The Labute approximate surface area is 151 Å². The highest BCUT2D eigenvalue weighted by Gasteiger charge is 2.23. The second-order valence-electron chi connectivity index (χ2n) is 5.84. The molecule has 0 bridgehead atoms. The van der Waals surface area contributed by atoms with Crippen molar-refractivity contribution in [1.82, 2.24) is 0 Å². The minimum atomic E-state index is -0.500. The summed E-state index contributed by atoms with van der Waals surface area (Å²) in [4.78, 5) is 23.4. The second-order valence-corrected chi connectivity index (χ2v) is 5.84. The summed E-state index contributed by atoms with van der Waals surface area (Å²) in [7, 11) is 4.34. The topological polar surface area (TPSA) is 71.1 Å². The Morgan fingerprint density at radius 2 is 1.73 bits per heavy atom. The van der Waals surface area contributed by atoms with Gasteiger partial charge < -0.3 is 18.9 Å². The van der Waals surface area contributed by atoms with Gasteiger partial charge in [-0.3, -0.25) is 4.79 Å². The molecule has 0 fully saturated rings. The van der Waals surface area contributed by atoms with Crippen molar-refractivity contribution in [3.05, 3.63) is 41.5 Å². The fraction of sp³-hybridized carbons (Fsp3) is 0.300. The van der Waals surface area contributed by atoms with E-state index < -0.39 is 5.97 Å². The maximum Gasteiger partial charge on any atom is 0.343 e. The molecule has 6 heteroatoms. The molecule has 0 aliphatic heterocycles. The van der Waals surface area contributed by atoms with Gasteiger partial charge in [0.15, 0.2) is 23.9 Å². The van der Waals surface area contributed by atoms with Crippen LogP contribution in [0.3, 0.4) is 0 Å². The van der Waals surface area contributed by atoms with Gasteiger partial charge in [0.05, 0.1) is 21.3 Å². The summed E-state index contributed by atoms with van der Waals surface area (Å²) >= 11 is 0. The van der Waals surface area contributed by atoms with Crippen molar-refractivity contribution < 1.29 is 28.5 Å². The largest absolute Gasteiger partial charge is 0.493 e. The van der Waals surface area contributed by atoms with Crippen LogP contribution in [0.2, 0.25) is 0 Å². The third kappa shape index (κ3) is 3.22. The van der Waals surface area contributed by atoms with Gasteiger partial charge in [-0.1, -0.05) is 18.2 Å². The Morgan fingerprint density at radius 3 is 2.42 bits per heavy atom. The van der Waals surface area contributed by atoms with Gasteiger partial charge in [-0.2, -0.15) is 0 Å². The number of carbonyl (C=O) groups excluding carboxylic acids is 2. The zero-order chi connectivity index (χ0) is 18.7. The first kappa shape index (κ1) is 17.8. The van der Waals surface area contributed by atoms with E-state index in [4.69, 9.17) is 14.2 Å². The Bertz CT molecular complexity index is 856. The van der Waals surface area contributed by atoms with E-state index in [1.165, 1.54) is 21.3 Å². The Balaban J connectivity index is 2.08. The van der Waals surface area contributed by atoms with Crippen molar-refractivity contribution in [2.24, 2.45) is 0 Å². The summed E-state index contributed by atoms with van der Waals surface area (Å²) in [5.41, 5.74) is 3.40. The first-order valence-corrected chi connectivity index (χ1v) is 8.20. The van der Waals surface area contributed by atoms with E-state index in [0.717, 1.165) is 28.7 Å². The molecular formula is C20H20O6. The number of esters is 1. The third-order valence-electron chi connectivity index (χ3n) is 4.40. The van der Waals surface area contributed by atoms with Crippen molar-refractivity contribution >= 4 is 11.8 Å². The molecule has 1 aliphatic carbocycles. The van der Waals surface area contributed by atoms with Gasteiger partial charge in [0, 0.05) is 17.5 Å². The third-order valence-corrected chi connectivity index (χ3v) is 4.40. The van der Waals surface area contributed by atoms with E-state index in [1.807, 2.05) is 24.3 Å². The van der Waals surface area contributed by atoms with Crippen molar-refractivity contribution in [2.75, 3.05) is 27.9 Å². The number of carbonyl (C=O) groups is 2. The van der Waals surface area contributed by atoms with Crippen LogP contribution in [0.1, 0.15) is 22.3 Å². The number of methoxy groups -OCH3 is 3. The monoisotopic (exact) mass is 356 g/mol. The quantitative estimate of drug-likeness (QED) is 0.741. The van der Waals surface area contributed by atoms with Gasteiger partial charge >= 0.3 is 5.97 Å². The number of benzene rings is 2. The average Bonchev–Trinajstić information content (AvgIpc) is 3.05. The van der Waals surface area contributed by atoms with Crippen LogP contribution in [0.15, 0.2) is 30.3 Å². The van der Waals surface area contributed by atoms with Gasteiger partial charge in [0.2, 0.25) is 5.75 Å². The molecule has 6 nitrogen and oxygen atoms in total. The average molecular weight is 356 g/mol. The lowest BCUT2D eigenvalue weighted by atomic mass is 9.99. The van der Waals surface area contributed by atoms with Crippen molar-refractivity contribution in [1.29, 1.82) is 0 Å². The minimum absolute atomic E-state index is 0.168. The van der Waals surface area contributed by atoms with Crippen LogP contribution in [-0.4, -0.2) is 39.7 Å². The highest BCUT2D eigenvalue weighted by Crippen LogP contribution is 2.45. The standard InChI is InChI=1S/C20H20O6/c1-23-17-9-7-15(19(20(17)25-3)26-11-18(22)24-2)13-4-6-14-12(10-13)5-8-16(14)21/h4,6-7,9-10H,5,8,11H2,1-3H3. The Morgan fingerprint density at radius 1 is 0.962 bits per heavy atom. The number of aryl methyl sites for hydroxylation is 1. The number of ether oxygens (including phenoxy) is 4. The maximum absolute atomic E-state index is 11.9. The zero-order valence-corrected chi connectivity index (χ0v) is 15.0. The van der Waals surface area contributed by atoms with Gasteiger partial charge in [0.1, 0.15) is 0 Å². The van der Waals surface area contributed by atoms with E-state index in [0.29, 0.717) is 23.7 Å². The van der Waals surface area contributed by atoms with Crippen molar-refractivity contribution in [3.8, 4) is 28.4 Å². The predicted octanol–water partition coefficient (Wildman–Crippen LogP) is 3.05. The number of hydrogen-bond acceptors (Lipinski definition) is 6. The molecule has 2 aromatic rings. The lowest BCUT2D eigenvalue weighted by Gasteiger charge is -2.17. The molecule has 136 valence electrons. The lowest BCUT2D eigenvalue weighted by molar-refractivity contribution is -0.142. The van der Waals surface area contributed by atoms with Gasteiger partial charge in [-0.25, -0.2) is 4.79 Å². The summed E-state index contributed by atoms with van der Waals surface area (Å²) < 4.78 is 21.1. The summed E-state index contributed by atoms with van der Waals surface area (Å²) in [6.45, 7) is -0.254. The Kier molecular flexibility index (Phi) is 5.11. The van der Waals surface area contributed by atoms with E-state index in [-0.39, 0.29) is 12.4 Å². The summed E-state index contributed by atoms with van der Waals surface area (Å²) in [6.07, 6.45) is 1.27. The molecule has 0 amide bonds. The van der Waals surface area contributed by atoms with Crippen LogP contribution < -0.4 is 14.2 Å². The number of rotatable bonds is 6. The first-order valence-electron chi connectivity index (χ1n) is 8.20. The SMILES string of the molecule is COC(=O)COc1c(-c2ccc3c(c2)CCC3=O)ccc(OC)c1OC. The van der Waals surface area contributed by atoms with E-state index in [2.05, 4.69) is 4.74 Å². The summed E-state index contributed by atoms with van der Waals surface area (Å²) in [5, 5.41) is 0. The van der Waals surface area contributed by atoms with Crippen LogP contribution >= 0.6 is 0 Å².